The van der Waals surface area contributed by atoms with Gasteiger partial charge in [0.1, 0.15) is 11.6 Å². The molecule has 240 valence electrons. The van der Waals surface area contributed by atoms with Crippen molar-refractivity contribution in [3.63, 3.8) is 0 Å². The number of rotatable bonds is 13. The molecule has 6 heteroatoms. The number of ether oxygens (including phenoxy) is 1. The fourth-order valence-electron chi connectivity index (χ4n) is 5.59. The quantitative estimate of drug-likeness (QED) is 0.194. The first-order chi connectivity index (χ1) is 22.0. The van der Waals surface area contributed by atoms with Crippen molar-refractivity contribution in [3.05, 3.63) is 131 Å². The minimum absolute atomic E-state index is 0.234. The number of carbonyl (C=O) groups excluding carboxylic acids is 1. The van der Waals surface area contributed by atoms with Crippen LogP contribution in [0.5, 0.6) is 5.75 Å². The van der Waals surface area contributed by atoms with Crippen LogP contribution in [0.3, 0.4) is 0 Å². The average Bonchev–Trinajstić information content (AvgIpc) is 3.24. The summed E-state index contributed by atoms with van der Waals surface area (Å²) in [5.41, 5.74) is 17.3. The molecular formula is C40H48N4O2. The Hall–Kier alpha value is -4.64. The molecule has 0 radical (unpaired) electrons. The first kappa shape index (κ1) is 34.2. The van der Waals surface area contributed by atoms with E-state index in [9.17, 15) is 4.79 Å². The summed E-state index contributed by atoms with van der Waals surface area (Å²) < 4.78 is 5.89. The zero-order chi connectivity index (χ0) is 33.3. The number of hydrogen-bond acceptors (Lipinski definition) is 5. The summed E-state index contributed by atoms with van der Waals surface area (Å²) in [6, 6.07) is 24.5. The second kappa shape index (κ2) is 15.6. The Morgan fingerprint density at radius 3 is 2.50 bits per heavy atom. The first-order valence-electron chi connectivity index (χ1n) is 16.0. The van der Waals surface area contributed by atoms with Gasteiger partial charge in [-0.2, -0.15) is 0 Å². The van der Waals surface area contributed by atoms with Gasteiger partial charge in [0.15, 0.2) is 0 Å². The molecule has 3 aromatic rings. The summed E-state index contributed by atoms with van der Waals surface area (Å²) in [6.45, 7) is 14.7. The van der Waals surface area contributed by atoms with Gasteiger partial charge in [-0.25, -0.2) is 0 Å². The predicted octanol–water partition coefficient (Wildman–Crippen LogP) is 7.64. The van der Waals surface area contributed by atoms with Crippen LogP contribution in [0, 0.1) is 6.92 Å². The number of nitrogens with zero attached hydrogens (tertiary/aromatic N) is 2. The van der Waals surface area contributed by atoms with Gasteiger partial charge in [0.05, 0.1) is 37.5 Å². The molecule has 0 fully saturated rings. The molecule has 0 unspecified atom stereocenters. The standard InChI is InChI=1S/C40H48N4O2/c1-8-31(34-18-13-12-15-29(34)4)25-35(43-39(45)40(5,6)41)36-19-14-24-42-38(23-20-30-16-10-9-11-17-30)44(36)27-33-22-21-32(28(2)3)26-37(33)46-7/h8-18,21-22,26,35H,2,20,23-25,27,41H2,1,3-7H3,(H,43,45)/b31-8-/t35-/m0/s1. The SMILES string of the molecule is C=C(C)c1ccc(CN2C([C@H](C/C(=C/C)c3ccccc3C)NC(=O)C(C)(C)N)=C=CCN=C2CCc2ccccc2)c(OC)c1. The molecule has 4 rings (SSSR count). The molecular weight excluding hydrogens is 568 g/mol. The number of aryl methyl sites for hydroxylation is 2. The van der Waals surface area contributed by atoms with Crippen LogP contribution in [0.2, 0.25) is 0 Å². The minimum Gasteiger partial charge on any atom is -0.496 e. The molecule has 0 saturated heterocycles. The van der Waals surface area contributed by atoms with Gasteiger partial charge in [-0.05, 0) is 87.4 Å². The molecule has 3 aromatic carbocycles. The molecule has 3 N–H and O–H groups in total. The van der Waals surface area contributed by atoms with E-state index in [1.54, 1.807) is 21.0 Å². The van der Waals surface area contributed by atoms with Crippen LogP contribution < -0.4 is 15.8 Å². The second-order valence-electron chi connectivity index (χ2n) is 12.5. The van der Waals surface area contributed by atoms with Crippen LogP contribution in [0.4, 0.5) is 0 Å². The lowest BCUT2D eigenvalue weighted by atomic mass is 9.92. The summed E-state index contributed by atoms with van der Waals surface area (Å²) in [5, 5.41) is 3.31. The normalized spacial score (nSPS) is 14.2. The highest BCUT2D eigenvalue weighted by molar-refractivity contribution is 5.88. The summed E-state index contributed by atoms with van der Waals surface area (Å²) in [6.07, 6.45) is 6.17. The summed E-state index contributed by atoms with van der Waals surface area (Å²) >= 11 is 0. The van der Waals surface area contributed by atoms with Gasteiger partial charge in [0.25, 0.3) is 0 Å². The van der Waals surface area contributed by atoms with E-state index in [0.29, 0.717) is 25.9 Å². The Morgan fingerprint density at radius 1 is 1.13 bits per heavy atom. The summed E-state index contributed by atoms with van der Waals surface area (Å²) in [5.74, 6) is 1.46. The zero-order valence-electron chi connectivity index (χ0n) is 28.2. The molecule has 0 aromatic heterocycles. The molecule has 6 nitrogen and oxygen atoms in total. The number of allylic oxidation sites excluding steroid dienone is 2. The number of hydrogen-bond donors (Lipinski definition) is 2. The van der Waals surface area contributed by atoms with Gasteiger partial charge >= 0.3 is 0 Å². The number of nitrogens with one attached hydrogen (secondary N) is 1. The highest BCUT2D eigenvalue weighted by Crippen LogP contribution is 2.31. The lowest BCUT2D eigenvalue weighted by Gasteiger charge is -2.34. The van der Waals surface area contributed by atoms with Crippen LogP contribution in [-0.2, 0) is 17.8 Å². The van der Waals surface area contributed by atoms with Crippen molar-refractivity contribution in [1.29, 1.82) is 0 Å². The third-order valence-corrected chi connectivity index (χ3v) is 8.29. The molecule has 1 amide bonds. The minimum atomic E-state index is -1.07. The molecule has 0 spiro atoms. The van der Waals surface area contributed by atoms with Crippen LogP contribution in [0.15, 0.2) is 108 Å². The van der Waals surface area contributed by atoms with E-state index in [0.717, 1.165) is 51.5 Å². The van der Waals surface area contributed by atoms with Crippen molar-refractivity contribution in [2.24, 2.45) is 10.7 Å². The van der Waals surface area contributed by atoms with E-state index in [1.165, 1.54) is 11.1 Å². The van der Waals surface area contributed by atoms with E-state index in [1.807, 2.05) is 38.1 Å². The largest absolute Gasteiger partial charge is 0.496 e. The van der Waals surface area contributed by atoms with E-state index in [4.69, 9.17) is 15.5 Å². The van der Waals surface area contributed by atoms with Crippen molar-refractivity contribution in [3.8, 4) is 5.75 Å². The summed E-state index contributed by atoms with van der Waals surface area (Å²) in [4.78, 5) is 20.8. The van der Waals surface area contributed by atoms with Crippen LogP contribution in [0.1, 0.15) is 68.4 Å². The van der Waals surface area contributed by atoms with E-state index >= 15 is 0 Å². The van der Waals surface area contributed by atoms with E-state index < -0.39 is 11.6 Å². The third kappa shape index (κ3) is 8.75. The molecule has 0 bridgehead atoms. The first-order valence-corrected chi connectivity index (χ1v) is 16.0. The topological polar surface area (TPSA) is 80.0 Å². The van der Waals surface area contributed by atoms with Gasteiger partial charge in [-0.1, -0.05) is 90.7 Å². The van der Waals surface area contributed by atoms with Crippen molar-refractivity contribution < 1.29 is 9.53 Å². The molecule has 1 aliphatic heterocycles. The number of amidine groups is 1. The van der Waals surface area contributed by atoms with Crippen LogP contribution in [0.25, 0.3) is 11.1 Å². The average molecular weight is 617 g/mol. The smallest absolute Gasteiger partial charge is 0.240 e. The Morgan fingerprint density at radius 2 is 1.85 bits per heavy atom. The van der Waals surface area contributed by atoms with Gasteiger partial charge in [-0.3, -0.25) is 9.79 Å². The molecule has 0 aliphatic carbocycles. The van der Waals surface area contributed by atoms with Gasteiger partial charge in [-0.15, -0.1) is 0 Å². The Labute approximate surface area is 275 Å². The monoisotopic (exact) mass is 616 g/mol. The van der Waals surface area contributed by atoms with Crippen molar-refractivity contribution in [2.45, 2.75) is 72.0 Å². The Kier molecular flexibility index (Phi) is 11.6. The maximum absolute atomic E-state index is 13.6. The van der Waals surface area contributed by atoms with Crippen molar-refractivity contribution in [2.75, 3.05) is 13.7 Å². The number of carbonyl (C=O) groups is 1. The summed E-state index contributed by atoms with van der Waals surface area (Å²) in [7, 11) is 1.69. The van der Waals surface area contributed by atoms with Crippen molar-refractivity contribution >= 4 is 22.9 Å². The van der Waals surface area contributed by atoms with Gasteiger partial charge in [0.2, 0.25) is 5.91 Å². The molecule has 46 heavy (non-hydrogen) atoms. The second-order valence-corrected chi connectivity index (χ2v) is 12.5. The maximum atomic E-state index is 13.6. The number of benzene rings is 3. The van der Waals surface area contributed by atoms with E-state index in [-0.39, 0.29) is 5.91 Å². The van der Waals surface area contributed by atoms with Gasteiger partial charge in [0, 0.05) is 12.0 Å². The van der Waals surface area contributed by atoms with Gasteiger partial charge < -0.3 is 20.7 Å². The number of methoxy groups -OCH3 is 1. The van der Waals surface area contributed by atoms with Crippen molar-refractivity contribution in [1.82, 2.24) is 10.2 Å². The lowest BCUT2D eigenvalue weighted by molar-refractivity contribution is -0.125. The third-order valence-electron chi connectivity index (χ3n) is 8.29. The van der Waals surface area contributed by atoms with Crippen LogP contribution in [-0.4, -0.2) is 41.9 Å². The van der Waals surface area contributed by atoms with Crippen LogP contribution >= 0.6 is 0 Å². The predicted molar refractivity (Wildman–Crippen MR) is 192 cm³/mol. The Balaban J connectivity index is 1.82. The fourth-order valence-corrected chi connectivity index (χ4v) is 5.59. The molecule has 1 aliphatic rings. The zero-order valence-corrected chi connectivity index (χ0v) is 28.2. The lowest BCUT2D eigenvalue weighted by Crippen LogP contribution is -2.54. The Bertz CT molecular complexity index is 1670. The maximum Gasteiger partial charge on any atom is 0.240 e. The molecule has 1 atom stereocenters. The number of nitrogens with two attached hydrogens (primary N) is 1. The highest BCUT2D eigenvalue weighted by atomic mass is 16.5. The van der Waals surface area contributed by atoms with E-state index in [2.05, 4.69) is 90.1 Å². The highest BCUT2D eigenvalue weighted by Gasteiger charge is 2.31. The fraction of sp³-hybridized carbons (Fsp3) is 0.325. The number of amides is 1. The number of aliphatic imine (C=N–C) groups is 1. The molecule has 1 heterocycles. The molecule has 0 saturated carbocycles.